The standard InChI is InChI=1S/C14H18N2O4/c1-4-18-14(17)12-15-13(20-16-12)10-5-7-11(8-6-10)19-9(2)3/h5-9,12,16H,4H2,1-3H3. The van der Waals surface area contributed by atoms with Crippen LogP contribution in [0.25, 0.3) is 0 Å². The summed E-state index contributed by atoms with van der Waals surface area (Å²) < 4.78 is 10.4. The molecule has 0 aromatic heterocycles. The van der Waals surface area contributed by atoms with Crippen LogP contribution in [-0.4, -0.2) is 30.7 Å². The SMILES string of the molecule is CCOC(=O)C1N=C(c2ccc(OC(C)C)cc2)ON1. The highest BCUT2D eigenvalue weighted by atomic mass is 16.7. The van der Waals surface area contributed by atoms with Crippen molar-refractivity contribution in [2.75, 3.05) is 6.61 Å². The normalized spacial score (nSPS) is 17.6. The summed E-state index contributed by atoms with van der Waals surface area (Å²) in [5.41, 5.74) is 3.29. The fourth-order valence-electron chi connectivity index (χ4n) is 1.69. The largest absolute Gasteiger partial charge is 0.491 e. The van der Waals surface area contributed by atoms with Gasteiger partial charge in [-0.15, -0.1) is 5.48 Å². The molecule has 0 saturated heterocycles. The lowest BCUT2D eigenvalue weighted by molar-refractivity contribution is -0.146. The van der Waals surface area contributed by atoms with Crippen molar-refractivity contribution in [3.8, 4) is 5.75 Å². The Balaban J connectivity index is 2.05. The van der Waals surface area contributed by atoms with Gasteiger partial charge in [0.05, 0.1) is 12.7 Å². The Morgan fingerprint density at radius 2 is 2.10 bits per heavy atom. The van der Waals surface area contributed by atoms with Gasteiger partial charge in [0.2, 0.25) is 12.1 Å². The molecule has 1 unspecified atom stereocenters. The van der Waals surface area contributed by atoms with Crippen molar-refractivity contribution in [3.05, 3.63) is 29.8 Å². The zero-order chi connectivity index (χ0) is 14.5. The number of nitrogens with zero attached hydrogens (tertiary/aromatic N) is 1. The predicted octanol–water partition coefficient (Wildman–Crippen LogP) is 1.64. The van der Waals surface area contributed by atoms with Crippen molar-refractivity contribution in [2.45, 2.75) is 33.0 Å². The number of hydrogen-bond donors (Lipinski definition) is 1. The molecule has 1 atom stereocenters. The van der Waals surface area contributed by atoms with Gasteiger partial charge < -0.3 is 14.3 Å². The summed E-state index contributed by atoms with van der Waals surface area (Å²) >= 11 is 0. The molecule has 0 radical (unpaired) electrons. The average Bonchev–Trinajstić information content (AvgIpc) is 2.89. The van der Waals surface area contributed by atoms with Gasteiger partial charge in [-0.1, -0.05) is 0 Å². The number of carbonyl (C=O) groups is 1. The Morgan fingerprint density at radius 1 is 1.40 bits per heavy atom. The maximum absolute atomic E-state index is 11.5. The first-order valence-electron chi connectivity index (χ1n) is 6.54. The molecule has 1 aromatic carbocycles. The number of hydrogen-bond acceptors (Lipinski definition) is 6. The van der Waals surface area contributed by atoms with Gasteiger partial charge in [0, 0.05) is 5.56 Å². The van der Waals surface area contributed by atoms with E-state index in [0.29, 0.717) is 12.5 Å². The van der Waals surface area contributed by atoms with Gasteiger partial charge in [-0.25, -0.2) is 9.79 Å². The first-order valence-corrected chi connectivity index (χ1v) is 6.54. The molecule has 20 heavy (non-hydrogen) atoms. The smallest absolute Gasteiger partial charge is 0.349 e. The molecule has 2 rings (SSSR count). The third-order valence-electron chi connectivity index (χ3n) is 2.50. The first kappa shape index (κ1) is 14.3. The zero-order valence-electron chi connectivity index (χ0n) is 11.8. The fraction of sp³-hybridized carbons (Fsp3) is 0.429. The molecule has 6 heteroatoms. The second-order valence-electron chi connectivity index (χ2n) is 4.50. The molecule has 1 aromatic rings. The average molecular weight is 278 g/mol. The van der Waals surface area contributed by atoms with Crippen LogP contribution in [0.15, 0.2) is 29.3 Å². The van der Waals surface area contributed by atoms with E-state index in [1.807, 2.05) is 38.1 Å². The van der Waals surface area contributed by atoms with Crippen molar-refractivity contribution in [3.63, 3.8) is 0 Å². The third kappa shape index (κ3) is 3.48. The van der Waals surface area contributed by atoms with Crippen molar-refractivity contribution in [1.29, 1.82) is 0 Å². The minimum Gasteiger partial charge on any atom is -0.491 e. The Kier molecular flexibility index (Phi) is 4.57. The second kappa shape index (κ2) is 6.38. The topological polar surface area (TPSA) is 69.2 Å². The lowest BCUT2D eigenvalue weighted by atomic mass is 10.2. The molecule has 6 nitrogen and oxygen atoms in total. The fourth-order valence-corrected chi connectivity index (χ4v) is 1.69. The highest BCUT2D eigenvalue weighted by Gasteiger charge is 2.27. The molecule has 0 saturated carbocycles. The molecule has 0 aliphatic carbocycles. The molecule has 108 valence electrons. The monoisotopic (exact) mass is 278 g/mol. The summed E-state index contributed by atoms with van der Waals surface area (Å²) in [6.45, 7) is 5.98. The minimum atomic E-state index is -0.809. The molecule has 1 N–H and O–H groups in total. The Morgan fingerprint density at radius 3 is 2.70 bits per heavy atom. The second-order valence-corrected chi connectivity index (χ2v) is 4.50. The molecule has 1 aliphatic heterocycles. The van der Waals surface area contributed by atoms with Crippen LogP contribution >= 0.6 is 0 Å². The van der Waals surface area contributed by atoms with Crippen molar-refractivity contribution in [2.24, 2.45) is 4.99 Å². The number of carbonyl (C=O) groups excluding carboxylic acids is 1. The van der Waals surface area contributed by atoms with Crippen LogP contribution in [0.2, 0.25) is 0 Å². The van der Waals surface area contributed by atoms with Crippen LogP contribution in [0.3, 0.4) is 0 Å². The van der Waals surface area contributed by atoms with E-state index in [2.05, 4.69) is 10.5 Å². The molecule has 0 fully saturated rings. The summed E-state index contributed by atoms with van der Waals surface area (Å²) in [6, 6.07) is 7.31. The van der Waals surface area contributed by atoms with Crippen LogP contribution in [-0.2, 0) is 14.4 Å². The summed E-state index contributed by atoms with van der Waals surface area (Å²) in [4.78, 5) is 20.8. The van der Waals surface area contributed by atoms with Crippen LogP contribution in [0, 0.1) is 0 Å². The number of hydroxylamine groups is 1. The van der Waals surface area contributed by atoms with Crippen molar-refractivity contribution < 1.29 is 19.1 Å². The summed E-state index contributed by atoms with van der Waals surface area (Å²) in [5.74, 6) is 0.679. The number of ether oxygens (including phenoxy) is 2. The molecule has 1 heterocycles. The molecular weight excluding hydrogens is 260 g/mol. The van der Waals surface area contributed by atoms with Gasteiger partial charge in [0.25, 0.3) is 0 Å². The van der Waals surface area contributed by atoms with E-state index in [1.165, 1.54) is 0 Å². The van der Waals surface area contributed by atoms with E-state index in [1.54, 1.807) is 6.92 Å². The lowest BCUT2D eigenvalue weighted by Gasteiger charge is -2.09. The highest BCUT2D eigenvalue weighted by molar-refractivity contribution is 5.97. The maximum Gasteiger partial charge on any atom is 0.349 e. The summed E-state index contributed by atoms with van der Waals surface area (Å²) in [6.07, 6.45) is -0.688. The molecule has 0 bridgehead atoms. The van der Waals surface area contributed by atoms with E-state index in [0.717, 1.165) is 11.3 Å². The Labute approximate surface area is 117 Å². The molecule has 0 amide bonds. The number of aliphatic imine (C=N–C) groups is 1. The minimum absolute atomic E-state index is 0.121. The van der Waals surface area contributed by atoms with Crippen LogP contribution in [0.1, 0.15) is 26.3 Å². The third-order valence-corrected chi connectivity index (χ3v) is 2.50. The number of benzene rings is 1. The van der Waals surface area contributed by atoms with E-state index < -0.39 is 12.1 Å². The quantitative estimate of drug-likeness (QED) is 0.829. The number of esters is 1. The summed E-state index contributed by atoms with van der Waals surface area (Å²) in [7, 11) is 0. The summed E-state index contributed by atoms with van der Waals surface area (Å²) in [5, 5.41) is 0. The van der Waals surface area contributed by atoms with Gasteiger partial charge in [0.1, 0.15) is 5.75 Å². The van der Waals surface area contributed by atoms with Gasteiger partial charge >= 0.3 is 5.97 Å². The van der Waals surface area contributed by atoms with E-state index >= 15 is 0 Å². The number of rotatable bonds is 5. The molecule has 1 aliphatic rings. The van der Waals surface area contributed by atoms with Crippen molar-refractivity contribution >= 4 is 11.9 Å². The Bertz CT molecular complexity index is 496. The van der Waals surface area contributed by atoms with Gasteiger partial charge in [0.15, 0.2) is 0 Å². The Hall–Kier alpha value is -2.08. The zero-order valence-corrected chi connectivity index (χ0v) is 11.8. The predicted molar refractivity (Wildman–Crippen MR) is 73.4 cm³/mol. The molecule has 0 spiro atoms. The van der Waals surface area contributed by atoms with E-state index in [-0.39, 0.29) is 6.10 Å². The van der Waals surface area contributed by atoms with Gasteiger partial charge in [-0.05, 0) is 45.0 Å². The lowest BCUT2D eigenvalue weighted by Crippen LogP contribution is -2.31. The highest BCUT2D eigenvalue weighted by Crippen LogP contribution is 2.16. The van der Waals surface area contributed by atoms with Gasteiger partial charge in [-0.3, -0.25) is 0 Å². The van der Waals surface area contributed by atoms with E-state index in [4.69, 9.17) is 14.3 Å². The van der Waals surface area contributed by atoms with Crippen LogP contribution in [0.5, 0.6) is 5.75 Å². The van der Waals surface area contributed by atoms with Gasteiger partial charge in [-0.2, -0.15) is 0 Å². The van der Waals surface area contributed by atoms with Crippen molar-refractivity contribution in [1.82, 2.24) is 5.48 Å². The van der Waals surface area contributed by atoms with E-state index in [9.17, 15) is 4.79 Å². The maximum atomic E-state index is 11.5. The molecular formula is C14H18N2O4. The van der Waals surface area contributed by atoms with Crippen LogP contribution < -0.4 is 10.2 Å². The number of nitrogens with one attached hydrogen (secondary N) is 1. The van der Waals surface area contributed by atoms with Crippen LogP contribution in [0.4, 0.5) is 0 Å². The first-order chi connectivity index (χ1) is 9.60.